The molecule has 1 aliphatic heterocycles. The number of aliphatic hydroxyl groups is 1. The van der Waals surface area contributed by atoms with E-state index >= 15 is 0 Å². The molecule has 1 saturated heterocycles. The molecule has 0 bridgehead atoms. The summed E-state index contributed by atoms with van der Waals surface area (Å²) < 4.78 is 12.4. The van der Waals surface area contributed by atoms with E-state index in [2.05, 4.69) is 21.7 Å². The van der Waals surface area contributed by atoms with Gasteiger partial charge in [0, 0.05) is 44.6 Å². The smallest absolute Gasteiger partial charge is 0.408 e. The van der Waals surface area contributed by atoms with Crippen LogP contribution in [0.3, 0.4) is 0 Å². The van der Waals surface area contributed by atoms with Crippen LogP contribution in [0.2, 0.25) is 0 Å². The largest absolute Gasteiger partial charge is 0.419 e. The molecule has 1 amide bonds. The molecule has 3 atom stereocenters. The number of carbonyl (C=O) groups is 1. The van der Waals surface area contributed by atoms with Gasteiger partial charge in [-0.25, -0.2) is 9.78 Å². The molecule has 10 nitrogen and oxygen atoms in total. The molecule has 196 valence electrons. The number of thiazole rings is 1. The highest BCUT2D eigenvalue weighted by Gasteiger charge is 2.35. The molecule has 0 radical (unpaired) electrons. The third-order valence-electron chi connectivity index (χ3n) is 6.58. The molecule has 0 aliphatic carbocycles. The van der Waals surface area contributed by atoms with E-state index < -0.39 is 29.4 Å². The number of β-amino-alcohol motifs (C(OH)–C–C–N with tert-alkyl or cyclic N) is 1. The monoisotopic (exact) mass is 533 g/mol. The van der Waals surface area contributed by atoms with Crippen molar-refractivity contribution in [3.8, 4) is 17.2 Å². The van der Waals surface area contributed by atoms with Gasteiger partial charge in [0.2, 0.25) is 0 Å². The van der Waals surface area contributed by atoms with E-state index in [1.165, 1.54) is 15.9 Å². The number of carbonyl (C=O) groups excluding carboxylic acids is 1. The second-order valence-electron chi connectivity index (χ2n) is 9.46. The number of fused-ring (bicyclic) bond motifs is 1. The quantitative estimate of drug-likeness (QED) is 0.326. The van der Waals surface area contributed by atoms with Gasteiger partial charge in [-0.05, 0) is 28.8 Å². The van der Waals surface area contributed by atoms with Crippen molar-refractivity contribution < 1.29 is 19.1 Å². The van der Waals surface area contributed by atoms with Crippen LogP contribution in [0.1, 0.15) is 10.6 Å². The fourth-order valence-corrected chi connectivity index (χ4v) is 5.23. The standard InChI is InChI=1S/C27H27N5O5S/c1-32-21-11-19(6-7-22(21)37-26(32)34)18-4-2-17(3-5-18)10-20(13-28)31-25(33)23-14-29-15-27(35,16-36-23)12-24-30-8-9-38-24/h2-9,11,20,23,29,35H,10,12,14-16H2,1H3,(H,31,33). The number of benzene rings is 2. The Morgan fingerprint density at radius 1 is 1.34 bits per heavy atom. The Labute approximate surface area is 222 Å². The first-order chi connectivity index (χ1) is 18.3. The van der Waals surface area contributed by atoms with Crippen LogP contribution in [0.25, 0.3) is 22.2 Å². The summed E-state index contributed by atoms with van der Waals surface area (Å²) in [7, 11) is 1.66. The van der Waals surface area contributed by atoms with Crippen molar-refractivity contribution in [2.45, 2.75) is 30.6 Å². The van der Waals surface area contributed by atoms with Crippen LogP contribution in [0, 0.1) is 11.3 Å². The number of nitriles is 1. The highest BCUT2D eigenvalue weighted by molar-refractivity contribution is 7.09. The van der Waals surface area contributed by atoms with E-state index in [1.54, 1.807) is 19.3 Å². The first kappa shape index (κ1) is 25.8. The molecule has 11 heteroatoms. The second-order valence-corrected chi connectivity index (χ2v) is 10.4. The highest BCUT2D eigenvalue weighted by atomic mass is 32.1. The topological polar surface area (TPSA) is 142 Å². The van der Waals surface area contributed by atoms with Crippen molar-refractivity contribution in [3.63, 3.8) is 0 Å². The number of aryl methyl sites for hydroxylation is 1. The van der Waals surface area contributed by atoms with Gasteiger partial charge in [0.15, 0.2) is 5.58 Å². The Hall–Kier alpha value is -3.82. The lowest BCUT2D eigenvalue weighted by Crippen LogP contribution is -2.46. The van der Waals surface area contributed by atoms with E-state index in [1.807, 2.05) is 41.8 Å². The zero-order chi connectivity index (χ0) is 26.7. The van der Waals surface area contributed by atoms with E-state index in [9.17, 15) is 20.0 Å². The average Bonchev–Trinajstić information content (AvgIpc) is 3.46. The summed E-state index contributed by atoms with van der Waals surface area (Å²) in [6.45, 7) is 0.481. The molecule has 1 aliphatic rings. The van der Waals surface area contributed by atoms with Crippen molar-refractivity contribution in [1.82, 2.24) is 20.2 Å². The minimum absolute atomic E-state index is 0.0187. The molecule has 3 heterocycles. The Kier molecular flexibility index (Phi) is 7.40. The van der Waals surface area contributed by atoms with Crippen LogP contribution in [0.4, 0.5) is 0 Å². The second kappa shape index (κ2) is 10.9. The molecule has 1 fully saturated rings. The fraction of sp³-hybridized carbons (Fsp3) is 0.333. The van der Waals surface area contributed by atoms with Crippen molar-refractivity contribution in [1.29, 1.82) is 5.26 Å². The van der Waals surface area contributed by atoms with E-state index in [4.69, 9.17) is 9.15 Å². The Bertz CT molecular complexity index is 1520. The summed E-state index contributed by atoms with van der Waals surface area (Å²) in [6, 6.07) is 14.7. The molecule has 0 saturated carbocycles. The average molecular weight is 534 g/mol. The SMILES string of the molecule is Cn1c(=O)oc2ccc(-c3ccc(CC(C#N)NC(=O)C4CNCC(O)(Cc5nccs5)CO4)cc3)cc21. The summed E-state index contributed by atoms with van der Waals surface area (Å²) in [6.07, 6.45) is 1.51. The van der Waals surface area contributed by atoms with E-state index in [0.29, 0.717) is 23.9 Å². The lowest BCUT2D eigenvalue weighted by atomic mass is 10.0. The summed E-state index contributed by atoms with van der Waals surface area (Å²) in [5, 5.41) is 29.1. The summed E-state index contributed by atoms with van der Waals surface area (Å²) in [5.74, 6) is -0.813. The molecule has 5 rings (SSSR count). The number of amides is 1. The van der Waals surface area contributed by atoms with Gasteiger partial charge in [-0.15, -0.1) is 11.3 Å². The van der Waals surface area contributed by atoms with Crippen molar-refractivity contribution in [3.05, 3.63) is 75.2 Å². The third kappa shape index (κ3) is 5.69. The van der Waals surface area contributed by atoms with Crippen LogP contribution in [-0.2, 0) is 29.4 Å². The predicted molar refractivity (Wildman–Crippen MR) is 142 cm³/mol. The molecule has 3 unspecified atom stereocenters. The zero-order valence-electron chi connectivity index (χ0n) is 20.7. The van der Waals surface area contributed by atoms with Gasteiger partial charge < -0.3 is 24.9 Å². The third-order valence-corrected chi connectivity index (χ3v) is 7.36. The first-order valence-corrected chi connectivity index (χ1v) is 13.0. The van der Waals surface area contributed by atoms with Crippen molar-refractivity contribution >= 4 is 28.3 Å². The zero-order valence-corrected chi connectivity index (χ0v) is 21.5. The molecule has 0 spiro atoms. The van der Waals surface area contributed by atoms with Gasteiger partial charge in [-0.2, -0.15) is 5.26 Å². The van der Waals surface area contributed by atoms with E-state index in [-0.39, 0.29) is 19.7 Å². The number of nitrogens with zero attached hydrogens (tertiary/aromatic N) is 3. The molecule has 2 aromatic carbocycles. The fourth-order valence-electron chi connectivity index (χ4n) is 4.47. The number of aromatic nitrogens is 2. The number of hydrogen-bond acceptors (Lipinski definition) is 9. The Morgan fingerprint density at radius 2 is 2.13 bits per heavy atom. The van der Waals surface area contributed by atoms with Gasteiger partial charge in [0.25, 0.3) is 5.91 Å². The molecule has 3 N–H and O–H groups in total. The maximum absolute atomic E-state index is 12.9. The Balaban J connectivity index is 1.19. The lowest BCUT2D eigenvalue weighted by Gasteiger charge is -2.25. The normalized spacial score (nSPS) is 20.5. The summed E-state index contributed by atoms with van der Waals surface area (Å²) in [5.41, 5.74) is 2.84. The van der Waals surface area contributed by atoms with Crippen LogP contribution >= 0.6 is 11.3 Å². The van der Waals surface area contributed by atoms with Gasteiger partial charge >= 0.3 is 5.76 Å². The first-order valence-electron chi connectivity index (χ1n) is 12.2. The lowest BCUT2D eigenvalue weighted by molar-refractivity contribution is -0.135. The number of ether oxygens (including phenoxy) is 1. The van der Waals surface area contributed by atoms with Crippen molar-refractivity contribution in [2.75, 3.05) is 19.7 Å². The van der Waals surface area contributed by atoms with Crippen molar-refractivity contribution in [2.24, 2.45) is 7.05 Å². The van der Waals surface area contributed by atoms with Crippen LogP contribution in [0.5, 0.6) is 0 Å². The maximum atomic E-state index is 12.9. The van der Waals surface area contributed by atoms with E-state index in [0.717, 1.165) is 21.7 Å². The number of hydrogen-bond donors (Lipinski definition) is 3. The maximum Gasteiger partial charge on any atom is 0.419 e. The van der Waals surface area contributed by atoms with Crippen LogP contribution < -0.4 is 16.4 Å². The van der Waals surface area contributed by atoms with Crippen LogP contribution in [0.15, 0.2) is 63.3 Å². The molecule has 2 aromatic heterocycles. The van der Waals surface area contributed by atoms with Gasteiger partial charge in [0.05, 0.1) is 23.2 Å². The number of rotatable bonds is 7. The van der Waals surface area contributed by atoms with Crippen LogP contribution in [-0.4, -0.2) is 58.0 Å². The molecule has 4 aromatic rings. The number of oxazole rings is 1. The Morgan fingerprint density at radius 3 is 2.87 bits per heavy atom. The minimum atomic E-state index is -1.17. The summed E-state index contributed by atoms with van der Waals surface area (Å²) >= 11 is 1.46. The van der Waals surface area contributed by atoms with Gasteiger partial charge in [-0.1, -0.05) is 30.3 Å². The number of nitrogens with one attached hydrogen (secondary N) is 2. The predicted octanol–water partition coefficient (Wildman–Crippen LogP) is 1.77. The highest BCUT2D eigenvalue weighted by Crippen LogP contribution is 2.25. The molecular formula is C27H27N5O5S. The minimum Gasteiger partial charge on any atom is -0.408 e. The molecule has 38 heavy (non-hydrogen) atoms. The van der Waals surface area contributed by atoms with Gasteiger partial charge in [0.1, 0.15) is 17.7 Å². The summed E-state index contributed by atoms with van der Waals surface area (Å²) in [4.78, 5) is 28.8. The van der Waals surface area contributed by atoms with Gasteiger partial charge in [-0.3, -0.25) is 9.36 Å². The molecular weight excluding hydrogens is 506 g/mol.